The van der Waals surface area contributed by atoms with Gasteiger partial charge in [-0.25, -0.2) is 8.42 Å². The van der Waals surface area contributed by atoms with Gasteiger partial charge in [-0.15, -0.1) is 0 Å². The van der Waals surface area contributed by atoms with Crippen LogP contribution in [-0.4, -0.2) is 23.0 Å². The molecule has 1 N–H and O–H groups in total. The van der Waals surface area contributed by atoms with Crippen LogP contribution in [0.25, 0.3) is 0 Å². The normalized spacial score (nSPS) is 14.6. The average molecular weight is 333 g/mol. The Morgan fingerprint density at radius 3 is 1.70 bits per heavy atom. The summed E-state index contributed by atoms with van der Waals surface area (Å²) in [6, 6.07) is 0. The maximum absolute atomic E-state index is 11.2. The minimum absolute atomic E-state index is 0. The van der Waals surface area contributed by atoms with E-state index in [-0.39, 0.29) is 64.2 Å². The summed E-state index contributed by atoms with van der Waals surface area (Å²) < 4.78 is 33.5. The molecule has 0 fully saturated rings. The van der Waals surface area contributed by atoms with E-state index < -0.39 is 15.1 Å². The Morgan fingerprint density at radius 2 is 1.25 bits per heavy atom. The van der Waals surface area contributed by atoms with Crippen LogP contribution in [0.3, 0.4) is 0 Å². The molecule has 0 bridgehead atoms. The van der Waals surface area contributed by atoms with Crippen LogP contribution in [0, 0.1) is 0 Å². The monoisotopic (exact) mass is 332 g/mol. The second kappa shape index (κ2) is 13.0. The molecule has 6 heteroatoms. The summed E-state index contributed by atoms with van der Waals surface area (Å²) >= 11 is 0. The van der Waals surface area contributed by atoms with E-state index in [1.54, 1.807) is 0 Å². The van der Waals surface area contributed by atoms with Crippen LogP contribution in [0.15, 0.2) is 0 Å². The third-order valence-electron chi connectivity index (χ3n) is 3.56. The molecule has 0 saturated heterocycles. The van der Waals surface area contributed by atoms with Gasteiger partial charge in [-0.3, -0.25) is 0 Å². The van der Waals surface area contributed by atoms with Gasteiger partial charge in [0, 0.05) is 0 Å². The van der Waals surface area contributed by atoms with Crippen molar-refractivity contribution >= 4 is 10.1 Å². The first-order chi connectivity index (χ1) is 8.87. The summed E-state index contributed by atoms with van der Waals surface area (Å²) in [5, 5.41) is 10.0. The van der Waals surface area contributed by atoms with E-state index in [0.29, 0.717) is 12.8 Å². The van der Waals surface area contributed by atoms with Crippen molar-refractivity contribution in [2.24, 2.45) is 0 Å². The molecule has 20 heavy (non-hydrogen) atoms. The minimum Gasteiger partial charge on any atom is -0.746 e. The van der Waals surface area contributed by atoms with Crippen molar-refractivity contribution in [3.8, 4) is 0 Å². The van der Waals surface area contributed by atoms with E-state index in [2.05, 4.69) is 6.92 Å². The van der Waals surface area contributed by atoms with E-state index in [4.69, 9.17) is 0 Å². The quantitative estimate of drug-likeness (QED) is 0.322. The molecule has 0 heterocycles. The van der Waals surface area contributed by atoms with Gasteiger partial charge in [0.1, 0.15) is 10.1 Å². The summed E-state index contributed by atoms with van der Waals surface area (Å²) in [6.45, 7) is 4.07. The molecule has 1 unspecified atom stereocenters. The van der Waals surface area contributed by atoms with Gasteiger partial charge in [0.2, 0.25) is 0 Å². The maximum atomic E-state index is 11.2. The third-order valence-corrected chi connectivity index (χ3v) is 4.90. The summed E-state index contributed by atoms with van der Waals surface area (Å²) in [4.78, 5) is -2.05. The third kappa shape index (κ3) is 10.3. The summed E-state index contributed by atoms with van der Waals surface area (Å²) in [5.41, 5.74) is 0. The fourth-order valence-electron chi connectivity index (χ4n) is 2.19. The number of aliphatic hydroxyl groups is 1. The Hall–Kier alpha value is 1.51. The number of hydrogen-bond acceptors (Lipinski definition) is 4. The van der Waals surface area contributed by atoms with Gasteiger partial charge in [-0.05, 0) is 25.7 Å². The van der Waals surface area contributed by atoms with Crippen LogP contribution in [0.2, 0.25) is 0 Å². The van der Waals surface area contributed by atoms with Gasteiger partial charge in [0.05, 0.1) is 0 Å². The van der Waals surface area contributed by atoms with E-state index in [9.17, 15) is 18.1 Å². The minimum atomic E-state index is -4.63. The van der Waals surface area contributed by atoms with Crippen LogP contribution >= 0.6 is 0 Å². The van der Waals surface area contributed by atoms with Crippen LogP contribution in [0.5, 0.6) is 0 Å². The summed E-state index contributed by atoms with van der Waals surface area (Å²) in [5.74, 6) is 0. The Bertz CT molecular complexity index is 319. The largest absolute Gasteiger partial charge is 1.00 e. The molecule has 0 aliphatic carbocycles. The van der Waals surface area contributed by atoms with Crippen molar-refractivity contribution < 1.29 is 69.5 Å². The van der Waals surface area contributed by atoms with Crippen molar-refractivity contribution in [3.63, 3.8) is 0 Å². The van der Waals surface area contributed by atoms with E-state index >= 15 is 0 Å². The summed E-state index contributed by atoms with van der Waals surface area (Å²) in [6.07, 6.45) is 8.79. The molecule has 116 valence electrons. The van der Waals surface area contributed by atoms with E-state index in [1.807, 2.05) is 6.92 Å². The van der Waals surface area contributed by atoms with Crippen LogP contribution < -0.4 is 51.4 Å². The molecular weight excluding hydrogens is 303 g/mol. The van der Waals surface area contributed by atoms with E-state index in [1.165, 1.54) is 19.3 Å². The van der Waals surface area contributed by atoms with Crippen LogP contribution in [-0.2, 0) is 10.1 Å². The average Bonchev–Trinajstić information content (AvgIpc) is 2.34. The second-order valence-corrected chi connectivity index (χ2v) is 7.04. The molecule has 0 aromatic rings. The van der Waals surface area contributed by atoms with Crippen LogP contribution in [0.4, 0.5) is 0 Å². The molecule has 0 saturated carbocycles. The first kappa shape index (κ1) is 23.8. The van der Waals surface area contributed by atoms with Crippen molar-refractivity contribution in [3.05, 3.63) is 0 Å². The molecule has 0 aromatic heterocycles. The fraction of sp³-hybridized carbons (Fsp3) is 1.00. The predicted octanol–water partition coefficient (Wildman–Crippen LogP) is 0.555. The molecule has 0 aromatic carbocycles. The molecule has 1 atom stereocenters. The standard InChI is InChI=1S/C14H30O4S.K/c1-3-5-7-8-9-10-11-13-14(15,12-6-4-2)19(16,17)18;/h15H,3-13H2,1-2H3,(H,16,17,18);/q;+1/p-1. The zero-order valence-corrected chi connectivity index (χ0v) is 17.3. The van der Waals surface area contributed by atoms with Gasteiger partial charge in [-0.2, -0.15) is 0 Å². The molecule has 0 aliphatic heterocycles. The number of rotatable bonds is 12. The molecule has 4 nitrogen and oxygen atoms in total. The molecular formula is C14H29KO4S. The van der Waals surface area contributed by atoms with Crippen molar-refractivity contribution in [2.75, 3.05) is 0 Å². The van der Waals surface area contributed by atoms with Crippen LogP contribution in [0.1, 0.15) is 84.5 Å². The Kier molecular flexibility index (Phi) is 15.4. The van der Waals surface area contributed by atoms with Gasteiger partial charge >= 0.3 is 51.4 Å². The number of hydrogen-bond donors (Lipinski definition) is 1. The van der Waals surface area contributed by atoms with Gasteiger partial charge < -0.3 is 9.66 Å². The molecule has 0 rings (SSSR count). The van der Waals surface area contributed by atoms with Crippen molar-refractivity contribution in [1.82, 2.24) is 0 Å². The van der Waals surface area contributed by atoms with E-state index in [0.717, 1.165) is 25.7 Å². The zero-order chi connectivity index (χ0) is 14.8. The first-order valence-corrected chi connectivity index (χ1v) is 8.96. The van der Waals surface area contributed by atoms with Gasteiger partial charge in [-0.1, -0.05) is 58.8 Å². The first-order valence-electron chi connectivity index (χ1n) is 7.55. The zero-order valence-electron chi connectivity index (χ0n) is 13.4. The molecule has 0 spiro atoms. The Labute approximate surface area is 167 Å². The van der Waals surface area contributed by atoms with Gasteiger partial charge in [0.15, 0.2) is 4.93 Å². The van der Waals surface area contributed by atoms with Crippen molar-refractivity contribution in [2.45, 2.75) is 89.4 Å². The number of unbranched alkanes of at least 4 members (excludes halogenated alkanes) is 7. The molecule has 0 amide bonds. The smallest absolute Gasteiger partial charge is 0.746 e. The van der Waals surface area contributed by atoms with Crippen molar-refractivity contribution in [1.29, 1.82) is 0 Å². The SMILES string of the molecule is CCCCCCCCCC(O)(CCCC)S(=O)(=O)[O-].[K+]. The Balaban J connectivity index is 0. The summed E-state index contributed by atoms with van der Waals surface area (Å²) in [7, 11) is -4.63. The topological polar surface area (TPSA) is 77.4 Å². The molecule has 0 radical (unpaired) electrons. The maximum Gasteiger partial charge on any atom is 1.00 e. The Morgan fingerprint density at radius 1 is 0.850 bits per heavy atom. The van der Waals surface area contributed by atoms with Gasteiger partial charge in [0.25, 0.3) is 0 Å². The fourth-order valence-corrected chi connectivity index (χ4v) is 2.98. The second-order valence-electron chi connectivity index (χ2n) is 5.38. The predicted molar refractivity (Wildman–Crippen MR) is 76.8 cm³/mol. The molecule has 0 aliphatic rings.